The van der Waals surface area contributed by atoms with Gasteiger partial charge in [-0.1, -0.05) is 82.7 Å². The van der Waals surface area contributed by atoms with Gasteiger partial charge in [-0.15, -0.1) is 0 Å². The van der Waals surface area contributed by atoms with Gasteiger partial charge in [0.15, 0.2) is 0 Å². The van der Waals surface area contributed by atoms with Crippen molar-refractivity contribution in [3.8, 4) is 6.07 Å². The molecule has 0 saturated carbocycles. The van der Waals surface area contributed by atoms with E-state index in [4.69, 9.17) is 5.26 Å². The van der Waals surface area contributed by atoms with Gasteiger partial charge >= 0.3 is 0 Å². The lowest BCUT2D eigenvalue weighted by Crippen LogP contribution is -1.78. The highest BCUT2D eigenvalue weighted by Gasteiger charge is 1.93. The van der Waals surface area contributed by atoms with E-state index in [0.29, 0.717) is 5.56 Å². The molecule has 0 aliphatic carbocycles. The minimum atomic E-state index is 0.678. The fraction of sp³-hybridized carbons (Fsp3) is 0. The van der Waals surface area contributed by atoms with Crippen molar-refractivity contribution in [2.75, 3.05) is 0 Å². The Bertz CT molecular complexity index is 943. The topological polar surface area (TPSA) is 23.8 Å². The maximum absolute atomic E-state index is 8.84. The van der Waals surface area contributed by atoms with Crippen LogP contribution in [0.3, 0.4) is 0 Å². The lowest BCUT2D eigenvalue weighted by Gasteiger charge is -1.99. The second kappa shape index (κ2) is 8.28. The van der Waals surface area contributed by atoms with Crippen molar-refractivity contribution in [3.05, 3.63) is 105 Å². The molecule has 1 nitrogen and oxygen atoms in total. The highest BCUT2D eigenvalue weighted by molar-refractivity contribution is 9.10. The van der Waals surface area contributed by atoms with Crippen LogP contribution in [0.1, 0.15) is 27.8 Å². The molecule has 3 aromatic rings. The summed E-state index contributed by atoms with van der Waals surface area (Å²) in [5, 5.41) is 8.84. The van der Waals surface area contributed by atoms with Crippen LogP contribution in [0.5, 0.6) is 0 Å². The van der Waals surface area contributed by atoms with E-state index in [2.05, 4.69) is 82.7 Å². The molecule has 0 radical (unpaired) electrons. The number of hydrogen-bond acceptors (Lipinski definition) is 1. The molecule has 0 atom stereocenters. The van der Waals surface area contributed by atoms with Gasteiger partial charge < -0.3 is 0 Å². The predicted octanol–water partition coefficient (Wildman–Crippen LogP) is 6.66. The summed E-state index contributed by atoms with van der Waals surface area (Å²) in [6.07, 6.45) is 8.36. The highest BCUT2D eigenvalue weighted by atomic mass is 79.9. The van der Waals surface area contributed by atoms with Crippen LogP contribution >= 0.6 is 15.9 Å². The number of nitriles is 1. The summed E-state index contributed by atoms with van der Waals surface area (Å²) in [5.41, 5.74) is 5.22. The summed E-state index contributed by atoms with van der Waals surface area (Å²) in [6.45, 7) is 0. The number of nitrogens with zero attached hydrogens (tertiary/aromatic N) is 1. The Morgan fingerprint density at radius 3 is 1.64 bits per heavy atom. The smallest absolute Gasteiger partial charge is 0.0991 e. The summed E-state index contributed by atoms with van der Waals surface area (Å²) < 4.78 is 1.08. The molecule has 0 saturated heterocycles. The molecule has 0 amide bonds. The van der Waals surface area contributed by atoms with Gasteiger partial charge in [0.2, 0.25) is 0 Å². The van der Waals surface area contributed by atoms with E-state index in [9.17, 15) is 0 Å². The fourth-order valence-corrected chi connectivity index (χ4v) is 2.66. The summed E-state index contributed by atoms with van der Waals surface area (Å²) in [5.74, 6) is 0. The molecule has 0 heterocycles. The van der Waals surface area contributed by atoms with Crippen LogP contribution in [0.15, 0.2) is 77.3 Å². The van der Waals surface area contributed by atoms with E-state index < -0.39 is 0 Å². The lowest BCUT2D eigenvalue weighted by molar-refractivity contribution is 1.48. The minimum absolute atomic E-state index is 0.678. The van der Waals surface area contributed by atoms with Gasteiger partial charge in [-0.2, -0.15) is 5.26 Å². The molecule has 2 heteroatoms. The quantitative estimate of drug-likeness (QED) is 0.460. The SMILES string of the molecule is N#Cc1ccc(/C=C/c2cccc(/C=C/c3ccc(Br)cc3)c2)cc1. The first-order chi connectivity index (χ1) is 12.2. The summed E-state index contributed by atoms with van der Waals surface area (Å²) in [7, 11) is 0. The van der Waals surface area contributed by atoms with Gasteiger partial charge in [0.1, 0.15) is 0 Å². The Morgan fingerprint density at radius 2 is 1.12 bits per heavy atom. The average Bonchev–Trinajstić information content (AvgIpc) is 2.67. The Morgan fingerprint density at radius 1 is 0.640 bits per heavy atom. The second-order valence-corrected chi connectivity index (χ2v) is 6.54. The van der Waals surface area contributed by atoms with Crippen molar-refractivity contribution in [2.45, 2.75) is 0 Å². The summed E-state index contributed by atoms with van der Waals surface area (Å²) >= 11 is 3.45. The van der Waals surface area contributed by atoms with E-state index in [0.717, 1.165) is 21.2 Å². The van der Waals surface area contributed by atoms with Crippen LogP contribution in [-0.2, 0) is 0 Å². The molecular formula is C23H16BrN. The highest BCUT2D eigenvalue weighted by Crippen LogP contribution is 2.15. The molecule has 0 bridgehead atoms. The molecule has 0 spiro atoms. The molecule has 0 unspecified atom stereocenters. The number of halogens is 1. The van der Waals surface area contributed by atoms with Crippen molar-refractivity contribution >= 4 is 40.2 Å². The third kappa shape index (κ3) is 5.04. The van der Waals surface area contributed by atoms with E-state index in [1.807, 2.05) is 36.4 Å². The maximum Gasteiger partial charge on any atom is 0.0991 e. The van der Waals surface area contributed by atoms with Crippen LogP contribution in [0.2, 0.25) is 0 Å². The largest absolute Gasteiger partial charge is 0.192 e. The Kier molecular flexibility index (Phi) is 5.61. The van der Waals surface area contributed by atoms with E-state index in [-0.39, 0.29) is 0 Å². The zero-order valence-electron chi connectivity index (χ0n) is 13.6. The maximum atomic E-state index is 8.84. The third-order valence-corrected chi connectivity index (χ3v) is 4.29. The molecule has 3 rings (SSSR count). The van der Waals surface area contributed by atoms with E-state index >= 15 is 0 Å². The van der Waals surface area contributed by atoms with Crippen molar-refractivity contribution in [2.24, 2.45) is 0 Å². The molecule has 0 fully saturated rings. The van der Waals surface area contributed by atoms with Gasteiger partial charge in [-0.25, -0.2) is 0 Å². The number of benzene rings is 3. The van der Waals surface area contributed by atoms with Crippen molar-refractivity contribution in [1.82, 2.24) is 0 Å². The Labute approximate surface area is 156 Å². The molecule has 25 heavy (non-hydrogen) atoms. The molecule has 120 valence electrons. The van der Waals surface area contributed by atoms with Gasteiger partial charge in [-0.05, 0) is 52.6 Å². The molecular weight excluding hydrogens is 370 g/mol. The molecule has 0 aliphatic rings. The summed E-state index contributed by atoms with van der Waals surface area (Å²) in [6, 6.07) is 26.3. The monoisotopic (exact) mass is 385 g/mol. The fourth-order valence-electron chi connectivity index (χ4n) is 2.39. The molecule has 0 aliphatic heterocycles. The van der Waals surface area contributed by atoms with Crippen molar-refractivity contribution in [1.29, 1.82) is 5.26 Å². The standard InChI is InChI=1S/C23H16BrN/c24-23-14-12-19(13-15-23)5-9-21-3-1-2-20(16-21)8-4-18-6-10-22(17-25)11-7-18/h1-16H/b8-4+,9-5+. The zero-order valence-corrected chi connectivity index (χ0v) is 15.1. The van der Waals surface area contributed by atoms with E-state index in [1.54, 1.807) is 0 Å². The summed E-state index contributed by atoms with van der Waals surface area (Å²) in [4.78, 5) is 0. The first-order valence-corrected chi connectivity index (χ1v) is 8.74. The average molecular weight is 386 g/mol. The van der Waals surface area contributed by atoms with Gasteiger partial charge in [0.05, 0.1) is 11.6 Å². The van der Waals surface area contributed by atoms with Crippen LogP contribution in [0.4, 0.5) is 0 Å². The normalized spacial score (nSPS) is 11.0. The molecule has 0 N–H and O–H groups in total. The van der Waals surface area contributed by atoms with E-state index in [1.165, 1.54) is 5.56 Å². The minimum Gasteiger partial charge on any atom is -0.192 e. The van der Waals surface area contributed by atoms with Crippen LogP contribution in [-0.4, -0.2) is 0 Å². The Hall–Kier alpha value is -2.89. The zero-order chi connectivity index (χ0) is 17.5. The van der Waals surface area contributed by atoms with Gasteiger partial charge in [0, 0.05) is 4.47 Å². The second-order valence-electron chi connectivity index (χ2n) is 5.62. The van der Waals surface area contributed by atoms with Crippen LogP contribution in [0, 0.1) is 11.3 Å². The lowest BCUT2D eigenvalue weighted by atomic mass is 10.1. The first kappa shape index (κ1) is 17.0. The molecule has 0 aromatic heterocycles. The first-order valence-electron chi connectivity index (χ1n) is 7.95. The predicted molar refractivity (Wildman–Crippen MR) is 110 cm³/mol. The van der Waals surface area contributed by atoms with Crippen LogP contribution < -0.4 is 0 Å². The third-order valence-electron chi connectivity index (χ3n) is 3.76. The van der Waals surface area contributed by atoms with Crippen LogP contribution in [0.25, 0.3) is 24.3 Å². The van der Waals surface area contributed by atoms with Gasteiger partial charge in [0.25, 0.3) is 0 Å². The van der Waals surface area contributed by atoms with Crippen molar-refractivity contribution in [3.63, 3.8) is 0 Å². The van der Waals surface area contributed by atoms with Crippen molar-refractivity contribution < 1.29 is 0 Å². The number of rotatable bonds is 4. The molecule has 3 aromatic carbocycles. The Balaban J connectivity index is 1.73. The number of hydrogen-bond donors (Lipinski definition) is 0. The van der Waals surface area contributed by atoms with Gasteiger partial charge in [-0.3, -0.25) is 0 Å².